The van der Waals surface area contributed by atoms with Gasteiger partial charge in [0, 0.05) is 11.8 Å². The summed E-state index contributed by atoms with van der Waals surface area (Å²) in [5, 5.41) is 13.0. The summed E-state index contributed by atoms with van der Waals surface area (Å²) in [7, 11) is 0. The fourth-order valence-electron chi connectivity index (χ4n) is 3.13. The van der Waals surface area contributed by atoms with Crippen LogP contribution in [0.25, 0.3) is 0 Å². The van der Waals surface area contributed by atoms with E-state index in [1.54, 1.807) is 0 Å². The zero-order valence-corrected chi connectivity index (χ0v) is 13.7. The zero-order chi connectivity index (χ0) is 14.6. The maximum absolute atomic E-state index is 9.34. The molecule has 0 aromatic rings. The van der Waals surface area contributed by atoms with Crippen LogP contribution in [0.1, 0.15) is 97.3 Å². The van der Waals surface area contributed by atoms with Crippen LogP contribution in [-0.2, 0) is 0 Å². The van der Waals surface area contributed by atoms with Crippen molar-refractivity contribution in [1.82, 2.24) is 0 Å². The summed E-state index contributed by atoms with van der Waals surface area (Å²) in [6.45, 7) is 4.52. The predicted octanol–water partition coefficient (Wildman–Crippen LogP) is 6.17. The van der Waals surface area contributed by atoms with Crippen molar-refractivity contribution in [3.05, 3.63) is 0 Å². The van der Waals surface area contributed by atoms with Gasteiger partial charge in [0.25, 0.3) is 0 Å². The molecule has 1 unspecified atom stereocenters. The number of hydrogen-bond donors (Lipinski definition) is 1. The molecule has 1 aliphatic rings. The first-order valence-electron chi connectivity index (χ1n) is 9.05. The van der Waals surface area contributed by atoms with Crippen LogP contribution in [0.15, 0.2) is 5.16 Å². The van der Waals surface area contributed by atoms with Gasteiger partial charge >= 0.3 is 0 Å². The Morgan fingerprint density at radius 2 is 1.40 bits per heavy atom. The molecule has 118 valence electrons. The smallest absolute Gasteiger partial charge is 0.0632 e. The molecule has 1 aliphatic carbocycles. The summed E-state index contributed by atoms with van der Waals surface area (Å²) in [6, 6.07) is 0. The zero-order valence-electron chi connectivity index (χ0n) is 13.7. The van der Waals surface area contributed by atoms with Crippen molar-refractivity contribution >= 4 is 5.71 Å². The van der Waals surface area contributed by atoms with Gasteiger partial charge in [0.2, 0.25) is 0 Å². The third-order valence-electron chi connectivity index (χ3n) is 4.59. The molecule has 1 atom stereocenters. The first kappa shape index (κ1) is 17.5. The highest BCUT2D eigenvalue weighted by molar-refractivity contribution is 5.90. The molecule has 1 N–H and O–H groups in total. The molecule has 20 heavy (non-hydrogen) atoms. The lowest BCUT2D eigenvalue weighted by Crippen LogP contribution is -2.17. The molecule has 0 aromatic heterocycles. The molecule has 0 radical (unpaired) electrons. The van der Waals surface area contributed by atoms with Crippen LogP contribution in [0.4, 0.5) is 0 Å². The Kier molecular flexibility index (Phi) is 9.78. The SMILES string of the molecule is CCCCCCCC(CCCCCC)/C(=N/O)C1CC1. The molecular weight excluding hydrogens is 246 g/mol. The average molecular weight is 281 g/mol. The Hall–Kier alpha value is -0.530. The Balaban J connectivity index is 2.29. The minimum absolute atomic E-state index is 0.561. The molecule has 0 aromatic carbocycles. The second kappa shape index (κ2) is 11.2. The second-order valence-electron chi connectivity index (χ2n) is 6.55. The van der Waals surface area contributed by atoms with E-state index < -0.39 is 0 Å². The van der Waals surface area contributed by atoms with Gasteiger partial charge in [0.15, 0.2) is 0 Å². The van der Waals surface area contributed by atoms with Crippen LogP contribution in [0.5, 0.6) is 0 Å². The summed E-state index contributed by atoms with van der Waals surface area (Å²) in [5.74, 6) is 1.18. The molecule has 1 saturated carbocycles. The third kappa shape index (κ3) is 7.31. The Morgan fingerprint density at radius 3 is 1.85 bits per heavy atom. The lowest BCUT2D eigenvalue weighted by Gasteiger charge is -2.18. The Bertz CT molecular complexity index is 258. The maximum atomic E-state index is 9.34. The first-order valence-corrected chi connectivity index (χ1v) is 9.05. The van der Waals surface area contributed by atoms with Gasteiger partial charge in [-0.2, -0.15) is 0 Å². The van der Waals surface area contributed by atoms with Crippen LogP contribution >= 0.6 is 0 Å². The highest BCUT2D eigenvalue weighted by atomic mass is 16.4. The lowest BCUT2D eigenvalue weighted by atomic mass is 9.88. The summed E-state index contributed by atoms with van der Waals surface area (Å²) < 4.78 is 0. The van der Waals surface area contributed by atoms with Crippen molar-refractivity contribution in [3.8, 4) is 0 Å². The van der Waals surface area contributed by atoms with Gasteiger partial charge < -0.3 is 5.21 Å². The number of oxime groups is 1. The topological polar surface area (TPSA) is 32.6 Å². The molecule has 0 aliphatic heterocycles. The van der Waals surface area contributed by atoms with Crippen LogP contribution in [0, 0.1) is 11.8 Å². The van der Waals surface area contributed by atoms with E-state index in [2.05, 4.69) is 19.0 Å². The second-order valence-corrected chi connectivity index (χ2v) is 6.55. The number of unbranched alkanes of at least 4 members (excludes halogenated alkanes) is 7. The van der Waals surface area contributed by atoms with E-state index in [4.69, 9.17) is 0 Å². The highest BCUT2D eigenvalue weighted by Gasteiger charge is 2.32. The minimum atomic E-state index is 0.561. The molecule has 0 saturated heterocycles. The first-order chi connectivity index (χ1) is 9.83. The van der Waals surface area contributed by atoms with Crippen molar-refractivity contribution < 1.29 is 5.21 Å². The number of nitrogens with zero attached hydrogens (tertiary/aromatic N) is 1. The Labute approximate surface area is 126 Å². The summed E-state index contributed by atoms with van der Waals surface area (Å²) in [4.78, 5) is 0. The van der Waals surface area contributed by atoms with Gasteiger partial charge in [-0.3, -0.25) is 0 Å². The molecular formula is C18H35NO. The normalized spacial score (nSPS) is 17.4. The molecule has 0 bridgehead atoms. The standard InChI is InChI=1S/C18H35NO/c1-3-5-7-9-11-13-16(12-10-8-6-4-2)18(19-20)17-14-15-17/h16-17,20H,3-15H2,1-2H3/b19-18-. The van der Waals surface area contributed by atoms with E-state index in [0.29, 0.717) is 11.8 Å². The molecule has 0 amide bonds. The predicted molar refractivity (Wildman–Crippen MR) is 87.6 cm³/mol. The van der Waals surface area contributed by atoms with Gasteiger partial charge in [0.1, 0.15) is 0 Å². The maximum Gasteiger partial charge on any atom is 0.0632 e. The van der Waals surface area contributed by atoms with Crippen molar-refractivity contribution in [2.45, 2.75) is 97.3 Å². The van der Waals surface area contributed by atoms with Gasteiger partial charge in [-0.05, 0) is 25.7 Å². The lowest BCUT2D eigenvalue weighted by molar-refractivity contribution is 0.309. The Morgan fingerprint density at radius 1 is 0.900 bits per heavy atom. The number of hydrogen-bond acceptors (Lipinski definition) is 2. The largest absolute Gasteiger partial charge is 0.411 e. The molecule has 2 heteroatoms. The van der Waals surface area contributed by atoms with Gasteiger partial charge in [-0.25, -0.2) is 0 Å². The quantitative estimate of drug-likeness (QED) is 0.186. The van der Waals surface area contributed by atoms with E-state index >= 15 is 0 Å². The summed E-state index contributed by atoms with van der Waals surface area (Å²) >= 11 is 0. The minimum Gasteiger partial charge on any atom is -0.411 e. The number of rotatable bonds is 13. The average Bonchev–Trinajstić information content (AvgIpc) is 3.28. The van der Waals surface area contributed by atoms with Crippen molar-refractivity contribution in [2.24, 2.45) is 17.0 Å². The van der Waals surface area contributed by atoms with Crippen LogP contribution in [0.2, 0.25) is 0 Å². The summed E-state index contributed by atoms with van der Waals surface area (Å²) in [5.41, 5.74) is 1.14. The molecule has 0 spiro atoms. The molecule has 1 fully saturated rings. The monoisotopic (exact) mass is 281 g/mol. The van der Waals surface area contributed by atoms with Crippen LogP contribution in [-0.4, -0.2) is 10.9 Å². The third-order valence-corrected chi connectivity index (χ3v) is 4.59. The van der Waals surface area contributed by atoms with Crippen molar-refractivity contribution in [3.63, 3.8) is 0 Å². The van der Waals surface area contributed by atoms with Gasteiger partial charge in [0.05, 0.1) is 5.71 Å². The van der Waals surface area contributed by atoms with Crippen LogP contribution in [0.3, 0.4) is 0 Å². The molecule has 2 nitrogen and oxygen atoms in total. The van der Waals surface area contributed by atoms with E-state index in [1.165, 1.54) is 83.5 Å². The summed E-state index contributed by atoms with van der Waals surface area (Å²) in [6.07, 6.45) is 17.0. The van der Waals surface area contributed by atoms with Crippen molar-refractivity contribution in [2.75, 3.05) is 0 Å². The fourth-order valence-corrected chi connectivity index (χ4v) is 3.13. The van der Waals surface area contributed by atoms with E-state index in [-0.39, 0.29) is 0 Å². The fraction of sp³-hybridized carbons (Fsp3) is 0.944. The van der Waals surface area contributed by atoms with E-state index in [0.717, 1.165) is 5.71 Å². The van der Waals surface area contributed by atoms with E-state index in [1.807, 2.05) is 0 Å². The molecule has 0 heterocycles. The van der Waals surface area contributed by atoms with Crippen molar-refractivity contribution in [1.29, 1.82) is 0 Å². The highest BCUT2D eigenvalue weighted by Crippen LogP contribution is 2.36. The van der Waals surface area contributed by atoms with Crippen LogP contribution < -0.4 is 0 Å². The molecule has 1 rings (SSSR count). The van der Waals surface area contributed by atoms with E-state index in [9.17, 15) is 5.21 Å². The van der Waals surface area contributed by atoms with Gasteiger partial charge in [-0.15, -0.1) is 0 Å². The van der Waals surface area contributed by atoms with Gasteiger partial charge in [-0.1, -0.05) is 76.8 Å².